The fraction of sp³-hybridized carbons (Fsp3) is 0.429. The number of hydrogen-bond donors (Lipinski definition) is 1. The van der Waals surface area contributed by atoms with Gasteiger partial charge in [-0.25, -0.2) is 13.1 Å². The summed E-state index contributed by atoms with van der Waals surface area (Å²) in [4.78, 5) is 0.343. The molecular formula is C14H19NO2S. The molecule has 0 amide bonds. The van der Waals surface area contributed by atoms with Crippen molar-refractivity contribution in [2.24, 2.45) is 5.92 Å². The summed E-state index contributed by atoms with van der Waals surface area (Å²) in [7, 11) is -3.34. The molecule has 1 unspecified atom stereocenters. The maximum Gasteiger partial charge on any atom is 0.240 e. The highest BCUT2D eigenvalue weighted by Crippen LogP contribution is 2.20. The van der Waals surface area contributed by atoms with Gasteiger partial charge in [-0.3, -0.25) is 0 Å². The van der Waals surface area contributed by atoms with Gasteiger partial charge < -0.3 is 0 Å². The number of hydrogen-bond acceptors (Lipinski definition) is 2. The number of sulfonamides is 1. The zero-order valence-corrected chi connectivity index (χ0v) is 11.4. The Morgan fingerprint density at radius 1 is 1.28 bits per heavy atom. The molecule has 2 rings (SSSR count). The van der Waals surface area contributed by atoms with Gasteiger partial charge in [0, 0.05) is 6.54 Å². The lowest BCUT2D eigenvalue weighted by Crippen LogP contribution is -2.25. The Bertz CT molecular complexity index is 517. The van der Waals surface area contributed by atoms with E-state index in [9.17, 15) is 8.42 Å². The molecule has 0 aromatic heterocycles. The highest BCUT2D eigenvalue weighted by molar-refractivity contribution is 7.89. The van der Waals surface area contributed by atoms with Gasteiger partial charge in [-0.15, -0.1) is 0 Å². The molecule has 98 valence electrons. The monoisotopic (exact) mass is 265 g/mol. The van der Waals surface area contributed by atoms with Crippen LogP contribution in [-0.2, 0) is 10.0 Å². The minimum absolute atomic E-state index is 0.343. The first-order valence-corrected chi connectivity index (χ1v) is 7.79. The van der Waals surface area contributed by atoms with Crippen LogP contribution in [0.25, 0.3) is 0 Å². The molecule has 4 heteroatoms. The van der Waals surface area contributed by atoms with Crippen molar-refractivity contribution in [1.82, 2.24) is 4.72 Å². The Balaban J connectivity index is 1.90. The van der Waals surface area contributed by atoms with Crippen LogP contribution in [0.5, 0.6) is 0 Å². The zero-order chi connectivity index (χ0) is 13.0. The predicted molar refractivity (Wildman–Crippen MR) is 72.8 cm³/mol. The van der Waals surface area contributed by atoms with Crippen LogP contribution >= 0.6 is 0 Å². The van der Waals surface area contributed by atoms with E-state index in [1.807, 2.05) is 19.1 Å². The van der Waals surface area contributed by atoms with Crippen LogP contribution in [0.15, 0.2) is 41.3 Å². The van der Waals surface area contributed by atoms with E-state index in [4.69, 9.17) is 0 Å². The van der Waals surface area contributed by atoms with Crippen LogP contribution in [0, 0.1) is 12.8 Å². The molecule has 3 nitrogen and oxygen atoms in total. The van der Waals surface area contributed by atoms with Crippen molar-refractivity contribution >= 4 is 10.0 Å². The fourth-order valence-electron chi connectivity index (χ4n) is 2.12. The van der Waals surface area contributed by atoms with E-state index < -0.39 is 10.0 Å². The summed E-state index contributed by atoms with van der Waals surface area (Å²) < 4.78 is 26.6. The van der Waals surface area contributed by atoms with Crippen LogP contribution < -0.4 is 4.72 Å². The van der Waals surface area contributed by atoms with Gasteiger partial charge in [0.1, 0.15) is 0 Å². The SMILES string of the molecule is Cc1ccc(S(=O)(=O)NCCC2C=CCC2)cc1. The van der Waals surface area contributed by atoms with Gasteiger partial charge in [-0.1, -0.05) is 29.8 Å². The molecule has 0 fully saturated rings. The lowest BCUT2D eigenvalue weighted by atomic mass is 10.1. The minimum atomic E-state index is -3.34. The molecule has 0 bridgehead atoms. The molecule has 1 aliphatic rings. The van der Waals surface area contributed by atoms with E-state index in [2.05, 4.69) is 16.9 Å². The smallest absolute Gasteiger partial charge is 0.211 e. The summed E-state index contributed by atoms with van der Waals surface area (Å²) in [6, 6.07) is 6.92. The van der Waals surface area contributed by atoms with Gasteiger partial charge in [0.05, 0.1) is 4.90 Å². The second-order valence-corrected chi connectivity index (χ2v) is 6.53. The van der Waals surface area contributed by atoms with Crippen molar-refractivity contribution in [3.63, 3.8) is 0 Å². The molecule has 1 atom stereocenters. The highest BCUT2D eigenvalue weighted by atomic mass is 32.2. The van der Waals surface area contributed by atoms with E-state index in [1.54, 1.807) is 12.1 Å². The Morgan fingerprint density at radius 3 is 2.61 bits per heavy atom. The molecule has 1 aromatic carbocycles. The van der Waals surface area contributed by atoms with Crippen molar-refractivity contribution in [3.8, 4) is 0 Å². The summed E-state index contributed by atoms with van der Waals surface area (Å²) in [5.41, 5.74) is 1.06. The number of allylic oxidation sites excluding steroid dienone is 2. The highest BCUT2D eigenvalue weighted by Gasteiger charge is 2.14. The summed E-state index contributed by atoms with van der Waals surface area (Å²) >= 11 is 0. The Morgan fingerprint density at radius 2 is 2.00 bits per heavy atom. The average molecular weight is 265 g/mol. The first kappa shape index (κ1) is 13.3. The molecule has 0 saturated heterocycles. The van der Waals surface area contributed by atoms with Gasteiger partial charge in [0.2, 0.25) is 10.0 Å². The van der Waals surface area contributed by atoms with E-state index in [0.29, 0.717) is 17.4 Å². The van der Waals surface area contributed by atoms with Crippen LogP contribution in [0.3, 0.4) is 0 Å². The number of benzene rings is 1. The Labute approximate surface area is 109 Å². The van der Waals surface area contributed by atoms with E-state index in [0.717, 1.165) is 24.8 Å². The van der Waals surface area contributed by atoms with Crippen molar-refractivity contribution in [3.05, 3.63) is 42.0 Å². The van der Waals surface area contributed by atoms with E-state index in [1.165, 1.54) is 0 Å². The zero-order valence-electron chi connectivity index (χ0n) is 10.6. The average Bonchev–Trinajstić information content (AvgIpc) is 2.82. The van der Waals surface area contributed by atoms with E-state index in [-0.39, 0.29) is 0 Å². The number of aryl methyl sites for hydroxylation is 1. The maximum atomic E-state index is 12.0. The molecule has 1 N–H and O–H groups in total. The van der Waals surface area contributed by atoms with Gasteiger partial charge in [0.25, 0.3) is 0 Å². The van der Waals surface area contributed by atoms with Crippen LogP contribution in [0.4, 0.5) is 0 Å². The van der Waals surface area contributed by atoms with Gasteiger partial charge in [-0.05, 0) is 44.2 Å². The van der Waals surface area contributed by atoms with Crippen LogP contribution in [0.1, 0.15) is 24.8 Å². The molecular weight excluding hydrogens is 246 g/mol. The summed E-state index contributed by atoms with van der Waals surface area (Å²) in [6.07, 6.45) is 7.49. The normalized spacial score (nSPS) is 19.3. The lowest BCUT2D eigenvalue weighted by Gasteiger charge is -2.09. The van der Waals surface area contributed by atoms with Crippen LogP contribution in [0.2, 0.25) is 0 Å². The summed E-state index contributed by atoms with van der Waals surface area (Å²) in [5.74, 6) is 0.533. The molecule has 0 heterocycles. The largest absolute Gasteiger partial charge is 0.240 e. The molecule has 0 spiro atoms. The van der Waals surface area contributed by atoms with Crippen LogP contribution in [-0.4, -0.2) is 15.0 Å². The first-order valence-electron chi connectivity index (χ1n) is 6.31. The predicted octanol–water partition coefficient (Wildman–Crippen LogP) is 2.63. The van der Waals surface area contributed by atoms with Gasteiger partial charge >= 0.3 is 0 Å². The molecule has 0 saturated carbocycles. The minimum Gasteiger partial charge on any atom is -0.211 e. The molecule has 0 radical (unpaired) electrons. The van der Waals surface area contributed by atoms with Crippen molar-refractivity contribution in [2.75, 3.05) is 6.54 Å². The third kappa shape index (κ3) is 3.43. The van der Waals surface area contributed by atoms with Gasteiger partial charge in [0.15, 0.2) is 0 Å². The van der Waals surface area contributed by atoms with Gasteiger partial charge in [-0.2, -0.15) is 0 Å². The topological polar surface area (TPSA) is 46.2 Å². The molecule has 1 aliphatic carbocycles. The third-order valence-corrected chi connectivity index (χ3v) is 4.73. The maximum absolute atomic E-state index is 12.0. The Kier molecular flexibility index (Phi) is 4.19. The third-order valence-electron chi connectivity index (χ3n) is 3.25. The second kappa shape index (κ2) is 5.67. The first-order chi connectivity index (χ1) is 8.58. The lowest BCUT2D eigenvalue weighted by molar-refractivity contribution is 0.549. The molecule has 0 aliphatic heterocycles. The Hall–Kier alpha value is -1.13. The molecule has 18 heavy (non-hydrogen) atoms. The standard InChI is InChI=1S/C14H19NO2S/c1-12-6-8-14(9-7-12)18(16,17)15-11-10-13-4-2-3-5-13/h2,4,6-9,13,15H,3,5,10-11H2,1H3. The van der Waals surface area contributed by atoms with Crippen molar-refractivity contribution < 1.29 is 8.42 Å². The van der Waals surface area contributed by atoms with Crippen molar-refractivity contribution in [2.45, 2.75) is 31.1 Å². The quantitative estimate of drug-likeness (QED) is 0.832. The fourth-order valence-corrected chi connectivity index (χ4v) is 3.16. The van der Waals surface area contributed by atoms with E-state index >= 15 is 0 Å². The second-order valence-electron chi connectivity index (χ2n) is 4.77. The summed E-state index contributed by atoms with van der Waals surface area (Å²) in [6.45, 7) is 2.45. The molecule has 1 aromatic rings. The summed E-state index contributed by atoms with van der Waals surface area (Å²) in [5, 5.41) is 0. The number of rotatable bonds is 5. The number of nitrogens with one attached hydrogen (secondary N) is 1. The van der Waals surface area contributed by atoms with Crippen molar-refractivity contribution in [1.29, 1.82) is 0 Å².